The van der Waals surface area contributed by atoms with E-state index < -0.39 is 0 Å². The quantitative estimate of drug-likeness (QED) is 0.150. The third-order valence-electron chi connectivity index (χ3n) is 13.3. The molecule has 0 amide bonds. The molecule has 13 aromatic rings. The second kappa shape index (κ2) is 15.9. The lowest BCUT2D eigenvalue weighted by Crippen LogP contribution is -2.03. The van der Waals surface area contributed by atoms with Crippen LogP contribution < -0.4 is 0 Å². The van der Waals surface area contributed by atoms with Gasteiger partial charge in [-0.3, -0.25) is 0 Å². The van der Waals surface area contributed by atoms with Crippen molar-refractivity contribution in [2.24, 2.45) is 0 Å². The Kier molecular flexibility index (Phi) is 9.14. The maximum absolute atomic E-state index is 5.44. The zero-order valence-corrected chi connectivity index (χ0v) is 36.4. The van der Waals surface area contributed by atoms with Gasteiger partial charge in [0, 0.05) is 27.5 Å². The molecule has 0 aliphatic heterocycles. The Morgan fingerprint density at radius 2 is 0.582 bits per heavy atom. The molecule has 2 heterocycles. The number of benzene rings is 11. The lowest BCUT2D eigenvalue weighted by atomic mass is 9.93. The highest BCUT2D eigenvalue weighted by Gasteiger charge is 2.21. The number of hydrogen-bond donors (Lipinski definition) is 0. The zero-order valence-electron chi connectivity index (χ0n) is 36.4. The highest BCUT2D eigenvalue weighted by molar-refractivity contribution is 6.25. The van der Waals surface area contributed by atoms with Gasteiger partial charge in [-0.05, 0) is 96.0 Å². The van der Waals surface area contributed by atoms with Gasteiger partial charge < -0.3 is 4.57 Å². The molecule has 0 radical (unpaired) electrons. The molecule has 13 rings (SSSR count). The van der Waals surface area contributed by atoms with Crippen LogP contribution in [0, 0.1) is 0 Å². The van der Waals surface area contributed by atoms with Crippen molar-refractivity contribution < 1.29 is 0 Å². The summed E-state index contributed by atoms with van der Waals surface area (Å²) in [4.78, 5) is 16.1. The van der Waals surface area contributed by atoms with Crippen molar-refractivity contribution in [3.8, 4) is 73.2 Å². The van der Waals surface area contributed by atoms with Crippen molar-refractivity contribution in [1.82, 2.24) is 19.5 Å². The number of fused-ring (bicyclic) bond motifs is 9. The molecule has 0 aliphatic rings. The van der Waals surface area contributed by atoms with E-state index in [1.54, 1.807) is 0 Å². The minimum Gasteiger partial charge on any atom is -0.308 e. The molecule has 0 bridgehead atoms. The SMILES string of the molecule is c1ccc(-c2ccc(-c3nc(-c4ccc5c6ccccc6c6ccccc6c5c4)nc(-c4ccccc4-n4c5cc(-c6ccccc6)ccc5c5ccc(-c6ccccc6)cc54)n3)cc2)cc1. The van der Waals surface area contributed by atoms with Crippen LogP contribution in [0.2, 0.25) is 0 Å². The van der Waals surface area contributed by atoms with Gasteiger partial charge in [0.2, 0.25) is 0 Å². The Bertz CT molecular complexity index is 3880. The predicted octanol–water partition coefficient (Wildman–Crippen LogP) is 16.4. The Morgan fingerprint density at radius 3 is 1.13 bits per heavy atom. The second-order valence-corrected chi connectivity index (χ2v) is 17.1. The Morgan fingerprint density at radius 1 is 0.224 bits per heavy atom. The van der Waals surface area contributed by atoms with Gasteiger partial charge in [0.05, 0.1) is 16.7 Å². The number of hydrogen-bond acceptors (Lipinski definition) is 3. The highest BCUT2D eigenvalue weighted by atomic mass is 15.1. The lowest BCUT2D eigenvalue weighted by molar-refractivity contribution is 1.06. The van der Waals surface area contributed by atoms with Crippen LogP contribution in [0.4, 0.5) is 0 Å². The van der Waals surface area contributed by atoms with Crippen LogP contribution in [0.25, 0.3) is 127 Å². The summed E-state index contributed by atoms with van der Waals surface area (Å²) in [5.74, 6) is 1.82. The van der Waals surface area contributed by atoms with Crippen molar-refractivity contribution in [2.45, 2.75) is 0 Å². The molecule has 0 saturated heterocycles. The van der Waals surface area contributed by atoms with Gasteiger partial charge in [0.1, 0.15) is 0 Å². The van der Waals surface area contributed by atoms with Crippen LogP contribution >= 0.6 is 0 Å². The summed E-state index contributed by atoms with van der Waals surface area (Å²) in [6.07, 6.45) is 0. The van der Waals surface area contributed by atoms with Crippen LogP contribution in [0.1, 0.15) is 0 Å². The maximum Gasteiger partial charge on any atom is 0.166 e. The van der Waals surface area contributed by atoms with E-state index in [4.69, 9.17) is 15.0 Å². The normalized spacial score (nSPS) is 11.6. The smallest absolute Gasteiger partial charge is 0.166 e. The Balaban J connectivity index is 1.06. The molecule has 0 N–H and O–H groups in total. The fourth-order valence-electron chi connectivity index (χ4n) is 10.00. The van der Waals surface area contributed by atoms with Gasteiger partial charge in [-0.1, -0.05) is 212 Å². The minimum atomic E-state index is 0.597. The van der Waals surface area contributed by atoms with Crippen molar-refractivity contribution >= 4 is 54.1 Å². The van der Waals surface area contributed by atoms with Gasteiger partial charge in [-0.2, -0.15) is 0 Å². The number of rotatable bonds is 7. The fourth-order valence-corrected chi connectivity index (χ4v) is 10.00. The summed E-state index contributed by atoms with van der Waals surface area (Å²) in [6.45, 7) is 0. The molecular weight excluding hydrogens is 813 g/mol. The highest BCUT2D eigenvalue weighted by Crippen LogP contribution is 2.41. The molecule has 0 fully saturated rings. The summed E-state index contributed by atoms with van der Waals surface area (Å²) in [5, 5.41) is 9.61. The Labute approximate surface area is 387 Å². The van der Waals surface area contributed by atoms with Crippen LogP contribution in [0.15, 0.2) is 243 Å². The van der Waals surface area contributed by atoms with E-state index in [1.807, 2.05) is 6.07 Å². The molecule has 0 aliphatic carbocycles. The van der Waals surface area contributed by atoms with Crippen LogP contribution in [0.5, 0.6) is 0 Å². The van der Waals surface area contributed by atoms with E-state index in [1.165, 1.54) is 48.8 Å². The summed E-state index contributed by atoms with van der Waals surface area (Å²) < 4.78 is 2.41. The van der Waals surface area contributed by atoms with Crippen LogP contribution in [-0.4, -0.2) is 19.5 Å². The van der Waals surface area contributed by atoms with Crippen LogP contribution in [0.3, 0.4) is 0 Å². The van der Waals surface area contributed by atoms with E-state index >= 15 is 0 Å². The molecule has 312 valence electrons. The number of nitrogens with zero attached hydrogens (tertiary/aromatic N) is 4. The third kappa shape index (κ3) is 6.65. The van der Waals surface area contributed by atoms with E-state index in [9.17, 15) is 0 Å². The van der Waals surface area contributed by atoms with E-state index in [0.717, 1.165) is 61.1 Å². The molecule has 0 spiro atoms. The first kappa shape index (κ1) is 38.5. The molecule has 2 aromatic heterocycles. The summed E-state index contributed by atoms with van der Waals surface area (Å²) in [5.41, 5.74) is 12.9. The number of aromatic nitrogens is 4. The Hall–Kier alpha value is -8.99. The topological polar surface area (TPSA) is 43.6 Å². The van der Waals surface area contributed by atoms with E-state index in [-0.39, 0.29) is 0 Å². The average Bonchev–Trinajstić information content (AvgIpc) is 3.74. The molecule has 0 saturated carbocycles. The van der Waals surface area contributed by atoms with E-state index in [2.05, 4.69) is 241 Å². The lowest BCUT2D eigenvalue weighted by Gasteiger charge is -2.16. The van der Waals surface area contributed by atoms with Gasteiger partial charge in [0.25, 0.3) is 0 Å². The predicted molar refractivity (Wildman–Crippen MR) is 279 cm³/mol. The first-order valence-corrected chi connectivity index (χ1v) is 22.8. The minimum absolute atomic E-state index is 0.597. The van der Waals surface area contributed by atoms with Gasteiger partial charge in [-0.25, -0.2) is 15.0 Å². The summed E-state index contributed by atoms with van der Waals surface area (Å²) in [7, 11) is 0. The number of para-hydroxylation sites is 1. The van der Waals surface area contributed by atoms with Gasteiger partial charge >= 0.3 is 0 Å². The summed E-state index contributed by atoms with van der Waals surface area (Å²) >= 11 is 0. The van der Waals surface area contributed by atoms with Crippen molar-refractivity contribution in [2.75, 3.05) is 0 Å². The second-order valence-electron chi connectivity index (χ2n) is 17.1. The maximum atomic E-state index is 5.44. The molecule has 0 unspecified atom stereocenters. The van der Waals surface area contributed by atoms with Crippen molar-refractivity contribution in [1.29, 1.82) is 0 Å². The fraction of sp³-hybridized carbons (Fsp3) is 0. The monoisotopic (exact) mass is 852 g/mol. The molecule has 4 heteroatoms. The van der Waals surface area contributed by atoms with Crippen LogP contribution in [-0.2, 0) is 0 Å². The molecule has 67 heavy (non-hydrogen) atoms. The van der Waals surface area contributed by atoms with Gasteiger partial charge in [-0.15, -0.1) is 0 Å². The van der Waals surface area contributed by atoms with E-state index in [0.29, 0.717) is 17.5 Å². The first-order chi connectivity index (χ1) is 33.2. The third-order valence-corrected chi connectivity index (χ3v) is 13.3. The molecular formula is C63H40N4. The molecule has 4 nitrogen and oxygen atoms in total. The molecule has 11 aromatic carbocycles. The zero-order chi connectivity index (χ0) is 44.3. The molecule has 0 atom stereocenters. The van der Waals surface area contributed by atoms with Crippen molar-refractivity contribution in [3.63, 3.8) is 0 Å². The average molecular weight is 853 g/mol. The van der Waals surface area contributed by atoms with Gasteiger partial charge in [0.15, 0.2) is 17.5 Å². The first-order valence-electron chi connectivity index (χ1n) is 22.8. The largest absolute Gasteiger partial charge is 0.308 e. The van der Waals surface area contributed by atoms with Crippen molar-refractivity contribution in [3.05, 3.63) is 243 Å². The standard InChI is InChI=1S/C63H40N4/c1-4-16-41(17-5-1)44-28-30-45(31-29-44)61-64-62(48-34-35-53-51-24-11-10-22-49(51)50-23-12-13-25-52(50)57(53)38-48)66-63(65-61)56-26-14-15-27-58(56)67-59-39-46(42-18-6-2-7-19-42)32-36-54(59)55-37-33-47(40-60(55)67)43-20-8-3-9-21-43/h1-40H. The summed E-state index contributed by atoms with van der Waals surface area (Å²) in [6, 6.07) is 86.5.